The maximum absolute atomic E-state index is 10.6. The normalized spacial score (nSPS) is 22.9. The molecule has 1 aliphatic heterocycles. The number of nitrogens with zero attached hydrogens (tertiary/aromatic N) is 2. The van der Waals surface area contributed by atoms with Crippen molar-refractivity contribution in [1.29, 1.82) is 0 Å². The summed E-state index contributed by atoms with van der Waals surface area (Å²) in [6.45, 7) is 7.00. The highest BCUT2D eigenvalue weighted by Gasteiger charge is 2.36. The molecule has 1 aromatic carbocycles. The summed E-state index contributed by atoms with van der Waals surface area (Å²) in [5, 5.41) is 20.4. The van der Waals surface area contributed by atoms with E-state index in [0.717, 1.165) is 45.4 Å². The van der Waals surface area contributed by atoms with Gasteiger partial charge in [-0.25, -0.2) is 0 Å². The fourth-order valence-electron chi connectivity index (χ4n) is 3.31. The van der Waals surface area contributed by atoms with Crippen molar-refractivity contribution < 1.29 is 10.2 Å². The van der Waals surface area contributed by atoms with E-state index in [1.807, 2.05) is 27.9 Å². The molecule has 1 fully saturated rings. The molecule has 1 aromatic rings. The van der Waals surface area contributed by atoms with Crippen molar-refractivity contribution in [1.82, 2.24) is 9.80 Å². The molecule has 4 nitrogen and oxygen atoms in total. The lowest BCUT2D eigenvalue weighted by Crippen LogP contribution is -2.42. The smallest absolute Gasteiger partial charge is 0.0912 e. The minimum absolute atomic E-state index is 0.573. The summed E-state index contributed by atoms with van der Waals surface area (Å²) in [5.74, 6) is 0. The molecular formula is C19H32N2O2. The van der Waals surface area contributed by atoms with Crippen LogP contribution in [0.25, 0.3) is 0 Å². The summed E-state index contributed by atoms with van der Waals surface area (Å²) in [5.41, 5.74) is 1.37. The molecule has 2 rings (SSSR count). The molecule has 1 heterocycles. The molecule has 0 saturated carbocycles. The van der Waals surface area contributed by atoms with E-state index in [2.05, 4.69) is 34.1 Å². The summed E-state index contributed by atoms with van der Waals surface area (Å²) < 4.78 is 0. The molecule has 1 atom stereocenters. The van der Waals surface area contributed by atoms with E-state index in [-0.39, 0.29) is 0 Å². The number of rotatable bonds is 7. The van der Waals surface area contributed by atoms with Crippen molar-refractivity contribution in [2.24, 2.45) is 0 Å². The van der Waals surface area contributed by atoms with Gasteiger partial charge in [-0.2, -0.15) is 0 Å². The first kappa shape index (κ1) is 18.4. The van der Waals surface area contributed by atoms with Crippen LogP contribution in [0.15, 0.2) is 24.3 Å². The van der Waals surface area contributed by atoms with Crippen molar-refractivity contribution in [2.45, 2.75) is 50.9 Å². The molecule has 23 heavy (non-hydrogen) atoms. The molecule has 0 radical (unpaired) electrons. The van der Waals surface area contributed by atoms with Crippen molar-refractivity contribution in [3.63, 3.8) is 0 Å². The predicted octanol–water partition coefficient (Wildman–Crippen LogP) is 1.89. The highest BCUT2D eigenvalue weighted by atomic mass is 16.3. The van der Waals surface area contributed by atoms with Crippen LogP contribution < -0.4 is 0 Å². The van der Waals surface area contributed by atoms with Crippen molar-refractivity contribution >= 4 is 0 Å². The third-order valence-electron chi connectivity index (χ3n) is 4.48. The van der Waals surface area contributed by atoms with E-state index in [9.17, 15) is 10.2 Å². The molecule has 1 aliphatic rings. The second-order valence-electron chi connectivity index (χ2n) is 8.05. The Kier molecular flexibility index (Phi) is 5.84. The third kappa shape index (κ3) is 6.22. The van der Waals surface area contributed by atoms with E-state index in [0.29, 0.717) is 0 Å². The monoisotopic (exact) mass is 320 g/mol. The maximum Gasteiger partial charge on any atom is 0.0912 e. The molecule has 130 valence electrons. The summed E-state index contributed by atoms with van der Waals surface area (Å²) in [6, 6.07) is 8.65. The van der Waals surface area contributed by atoms with Gasteiger partial charge >= 0.3 is 0 Å². The highest BCUT2D eigenvalue weighted by Crippen LogP contribution is 2.24. The Morgan fingerprint density at radius 2 is 1.78 bits per heavy atom. The molecule has 1 saturated heterocycles. The van der Waals surface area contributed by atoms with Gasteiger partial charge in [0.1, 0.15) is 0 Å². The first-order valence-corrected chi connectivity index (χ1v) is 8.55. The predicted molar refractivity (Wildman–Crippen MR) is 94.5 cm³/mol. The Morgan fingerprint density at radius 3 is 2.35 bits per heavy atom. The number of aliphatic hydroxyl groups is 2. The number of β-amino-alcohol motifs (C(OH)–C–C–N with tert-alkyl or cyclic N) is 1. The van der Waals surface area contributed by atoms with Crippen molar-refractivity contribution in [2.75, 3.05) is 33.7 Å². The SMILES string of the molecule is CN(C)C[C@@]1(O)CCN(Cc2ccc(CCC(C)(C)O)cc2)C1. The third-order valence-corrected chi connectivity index (χ3v) is 4.48. The zero-order valence-corrected chi connectivity index (χ0v) is 15.0. The average molecular weight is 320 g/mol. The molecule has 0 aliphatic carbocycles. The van der Waals surface area contributed by atoms with Gasteiger partial charge in [0.05, 0.1) is 11.2 Å². The molecule has 0 unspecified atom stereocenters. The summed E-state index contributed by atoms with van der Waals surface area (Å²) in [4.78, 5) is 4.39. The zero-order valence-electron chi connectivity index (χ0n) is 15.0. The largest absolute Gasteiger partial charge is 0.390 e. The number of benzene rings is 1. The van der Waals surface area contributed by atoms with Gasteiger partial charge in [0.25, 0.3) is 0 Å². The Labute approximate surface area is 140 Å². The Morgan fingerprint density at radius 1 is 1.17 bits per heavy atom. The molecule has 0 amide bonds. The zero-order chi connectivity index (χ0) is 17.1. The van der Waals surface area contributed by atoms with Crippen LogP contribution >= 0.6 is 0 Å². The summed E-state index contributed by atoms with van der Waals surface area (Å²) >= 11 is 0. The summed E-state index contributed by atoms with van der Waals surface area (Å²) in [6.07, 6.45) is 2.51. The number of aryl methyl sites for hydroxylation is 1. The quantitative estimate of drug-likeness (QED) is 0.805. The van der Waals surface area contributed by atoms with Crippen LogP contribution in [0.2, 0.25) is 0 Å². The van der Waals surface area contributed by atoms with Crippen molar-refractivity contribution in [3.05, 3.63) is 35.4 Å². The first-order valence-electron chi connectivity index (χ1n) is 8.55. The van der Waals surface area contributed by atoms with Crippen LogP contribution in [0, 0.1) is 0 Å². The Bertz CT molecular complexity index is 493. The van der Waals surface area contributed by atoms with Crippen LogP contribution in [0.5, 0.6) is 0 Å². The molecule has 2 N–H and O–H groups in total. The Hall–Kier alpha value is -0.940. The van der Waals surface area contributed by atoms with Gasteiger partial charge in [0.2, 0.25) is 0 Å². The topological polar surface area (TPSA) is 46.9 Å². The number of likely N-dealkylation sites (tertiary alicyclic amines) is 1. The van der Waals surface area contributed by atoms with Crippen LogP contribution in [0.4, 0.5) is 0 Å². The highest BCUT2D eigenvalue weighted by molar-refractivity contribution is 5.23. The van der Waals surface area contributed by atoms with Gasteiger partial charge in [-0.15, -0.1) is 0 Å². The van der Waals surface area contributed by atoms with Crippen LogP contribution in [0.1, 0.15) is 37.8 Å². The van der Waals surface area contributed by atoms with Crippen LogP contribution in [-0.4, -0.2) is 64.9 Å². The van der Waals surface area contributed by atoms with Crippen LogP contribution in [-0.2, 0) is 13.0 Å². The molecule has 0 spiro atoms. The van der Waals surface area contributed by atoms with Gasteiger partial charge in [-0.1, -0.05) is 24.3 Å². The number of hydrogen-bond donors (Lipinski definition) is 2. The lowest BCUT2D eigenvalue weighted by molar-refractivity contribution is 0.0240. The van der Waals surface area contributed by atoms with E-state index >= 15 is 0 Å². The number of hydrogen-bond acceptors (Lipinski definition) is 4. The minimum Gasteiger partial charge on any atom is -0.390 e. The van der Waals surface area contributed by atoms with E-state index in [4.69, 9.17) is 0 Å². The van der Waals surface area contributed by atoms with E-state index in [1.54, 1.807) is 0 Å². The first-order chi connectivity index (χ1) is 10.7. The van der Waals surface area contributed by atoms with E-state index < -0.39 is 11.2 Å². The van der Waals surface area contributed by atoms with Gasteiger partial charge in [-0.3, -0.25) is 4.90 Å². The molecular weight excluding hydrogens is 288 g/mol. The minimum atomic E-state index is -0.606. The van der Waals surface area contributed by atoms with Gasteiger partial charge < -0.3 is 15.1 Å². The van der Waals surface area contributed by atoms with Gasteiger partial charge in [-0.05, 0) is 58.3 Å². The van der Waals surface area contributed by atoms with E-state index in [1.165, 1.54) is 11.1 Å². The van der Waals surface area contributed by atoms with Crippen LogP contribution in [0.3, 0.4) is 0 Å². The number of likely N-dealkylation sites (N-methyl/N-ethyl adjacent to an activating group) is 1. The second-order valence-corrected chi connectivity index (χ2v) is 8.05. The fraction of sp³-hybridized carbons (Fsp3) is 0.684. The maximum atomic E-state index is 10.6. The lowest BCUT2D eigenvalue weighted by Gasteiger charge is -2.26. The Balaban J connectivity index is 1.85. The fourth-order valence-corrected chi connectivity index (χ4v) is 3.31. The van der Waals surface area contributed by atoms with Gasteiger partial charge in [0, 0.05) is 26.2 Å². The summed E-state index contributed by atoms with van der Waals surface area (Å²) in [7, 11) is 4.01. The molecule has 0 bridgehead atoms. The second kappa shape index (κ2) is 7.31. The van der Waals surface area contributed by atoms with Gasteiger partial charge in [0.15, 0.2) is 0 Å². The molecule has 4 heteroatoms. The average Bonchev–Trinajstić information content (AvgIpc) is 2.77. The van der Waals surface area contributed by atoms with Crippen molar-refractivity contribution in [3.8, 4) is 0 Å². The lowest BCUT2D eigenvalue weighted by atomic mass is 9.98. The molecule has 0 aromatic heterocycles. The standard InChI is InChI=1S/C19H32N2O2/c1-18(2,22)10-9-16-5-7-17(8-6-16)13-21-12-11-19(23,15-21)14-20(3)4/h5-8,22-23H,9-15H2,1-4H3/t19-/m0/s1.